The van der Waals surface area contributed by atoms with Gasteiger partial charge in [0.1, 0.15) is 5.75 Å². The number of benzene rings is 1. The number of aromatic hydroxyl groups is 1. The fraction of sp³-hybridized carbons (Fsp3) is 0.143. The molecule has 4 heteroatoms. The molecule has 18 heavy (non-hydrogen) atoms. The number of hydrazone groups is 1. The molecule has 1 aromatic heterocycles. The maximum absolute atomic E-state index is 9.19. The average Bonchev–Trinajstić information content (AvgIpc) is 2.40. The average molecular weight is 241 g/mol. The quantitative estimate of drug-likeness (QED) is 0.664. The lowest BCUT2D eigenvalue weighted by molar-refractivity contribution is 0.472. The summed E-state index contributed by atoms with van der Waals surface area (Å²) < 4.78 is 0. The summed E-state index contributed by atoms with van der Waals surface area (Å²) in [7, 11) is 1.89. The van der Waals surface area contributed by atoms with Crippen molar-refractivity contribution in [2.45, 2.75) is 6.92 Å². The van der Waals surface area contributed by atoms with Gasteiger partial charge in [-0.1, -0.05) is 18.2 Å². The minimum atomic E-state index is 0.156. The Morgan fingerprint density at radius 3 is 2.50 bits per heavy atom. The summed E-state index contributed by atoms with van der Waals surface area (Å²) in [5, 5.41) is 15.4. The molecule has 0 atom stereocenters. The molecular formula is C14H15N3O. The first-order chi connectivity index (χ1) is 8.66. The smallest absolute Gasteiger partial charge is 0.133 e. The van der Waals surface area contributed by atoms with Crippen LogP contribution in [0.1, 0.15) is 12.6 Å². The second-order valence-electron chi connectivity index (χ2n) is 3.95. The van der Waals surface area contributed by atoms with Crippen molar-refractivity contribution in [2.24, 2.45) is 5.10 Å². The highest BCUT2D eigenvalue weighted by Gasteiger charge is 2.02. The summed E-state index contributed by atoms with van der Waals surface area (Å²) >= 11 is 0. The number of aromatic nitrogens is 1. The monoisotopic (exact) mass is 241 g/mol. The number of nitrogens with zero attached hydrogens (tertiary/aromatic N) is 3. The Kier molecular flexibility index (Phi) is 3.57. The molecule has 0 bridgehead atoms. The zero-order valence-corrected chi connectivity index (χ0v) is 10.4. The van der Waals surface area contributed by atoms with Crippen LogP contribution in [0.5, 0.6) is 5.75 Å². The van der Waals surface area contributed by atoms with E-state index in [0.717, 1.165) is 17.1 Å². The van der Waals surface area contributed by atoms with Crippen molar-refractivity contribution in [2.75, 3.05) is 12.1 Å². The predicted molar refractivity (Wildman–Crippen MR) is 73.0 cm³/mol. The fourth-order valence-electron chi connectivity index (χ4n) is 1.58. The van der Waals surface area contributed by atoms with E-state index in [2.05, 4.69) is 10.1 Å². The Hall–Kier alpha value is -2.36. The van der Waals surface area contributed by atoms with Crippen LogP contribution in [-0.2, 0) is 0 Å². The first-order valence-corrected chi connectivity index (χ1v) is 5.66. The van der Waals surface area contributed by atoms with Crippen LogP contribution in [0, 0.1) is 0 Å². The molecule has 0 aliphatic heterocycles. The van der Waals surface area contributed by atoms with E-state index in [1.165, 1.54) is 6.20 Å². The van der Waals surface area contributed by atoms with Gasteiger partial charge in [-0.2, -0.15) is 5.10 Å². The molecule has 1 aromatic carbocycles. The first-order valence-electron chi connectivity index (χ1n) is 5.66. The normalized spacial score (nSPS) is 11.3. The van der Waals surface area contributed by atoms with Gasteiger partial charge in [-0.25, -0.2) is 0 Å². The molecule has 0 saturated heterocycles. The fourth-order valence-corrected chi connectivity index (χ4v) is 1.58. The molecule has 0 amide bonds. The van der Waals surface area contributed by atoms with E-state index in [9.17, 15) is 5.11 Å². The van der Waals surface area contributed by atoms with Crippen LogP contribution in [-0.4, -0.2) is 22.8 Å². The molecule has 1 heterocycles. The summed E-state index contributed by atoms with van der Waals surface area (Å²) in [6, 6.07) is 13.2. The van der Waals surface area contributed by atoms with E-state index < -0.39 is 0 Å². The van der Waals surface area contributed by atoms with Crippen molar-refractivity contribution in [1.82, 2.24) is 4.98 Å². The third-order valence-corrected chi connectivity index (χ3v) is 2.55. The van der Waals surface area contributed by atoms with Crippen LogP contribution in [0.15, 0.2) is 53.8 Å². The Morgan fingerprint density at radius 1 is 1.17 bits per heavy atom. The van der Waals surface area contributed by atoms with Crippen molar-refractivity contribution in [1.29, 1.82) is 0 Å². The molecule has 0 spiro atoms. The van der Waals surface area contributed by atoms with E-state index in [1.807, 2.05) is 44.3 Å². The lowest BCUT2D eigenvalue weighted by atomic mass is 10.2. The highest BCUT2D eigenvalue weighted by molar-refractivity contribution is 5.97. The highest BCUT2D eigenvalue weighted by Crippen LogP contribution is 2.13. The Labute approximate surface area is 106 Å². The van der Waals surface area contributed by atoms with Crippen LogP contribution in [0.2, 0.25) is 0 Å². The van der Waals surface area contributed by atoms with Crippen LogP contribution in [0.25, 0.3) is 0 Å². The van der Waals surface area contributed by atoms with Gasteiger partial charge < -0.3 is 5.11 Å². The molecule has 0 radical (unpaired) electrons. The molecule has 0 aliphatic carbocycles. The van der Waals surface area contributed by atoms with Crippen LogP contribution < -0.4 is 5.01 Å². The lowest BCUT2D eigenvalue weighted by Gasteiger charge is -2.14. The van der Waals surface area contributed by atoms with Gasteiger partial charge in [0, 0.05) is 7.05 Å². The number of anilines is 1. The number of hydrogen-bond acceptors (Lipinski definition) is 4. The van der Waals surface area contributed by atoms with Crippen LogP contribution in [0.4, 0.5) is 5.69 Å². The summed E-state index contributed by atoms with van der Waals surface area (Å²) in [5.41, 5.74) is 2.55. The van der Waals surface area contributed by atoms with Gasteiger partial charge >= 0.3 is 0 Å². The van der Waals surface area contributed by atoms with Crippen LogP contribution >= 0.6 is 0 Å². The summed E-state index contributed by atoms with van der Waals surface area (Å²) in [6.07, 6.45) is 1.41. The molecule has 1 N–H and O–H groups in total. The van der Waals surface area contributed by atoms with E-state index in [0.29, 0.717) is 0 Å². The molecule has 0 aliphatic rings. The number of pyridine rings is 1. The zero-order chi connectivity index (χ0) is 13.0. The van der Waals surface area contributed by atoms with E-state index >= 15 is 0 Å². The molecule has 4 nitrogen and oxygen atoms in total. The molecule has 0 saturated carbocycles. The summed E-state index contributed by atoms with van der Waals surface area (Å²) in [4.78, 5) is 4.12. The SMILES string of the molecule is CC(=NN(C)c1ccccc1)c1ccc(O)cn1. The Morgan fingerprint density at radius 2 is 1.89 bits per heavy atom. The van der Waals surface area contributed by atoms with Gasteiger partial charge in [0.25, 0.3) is 0 Å². The van der Waals surface area contributed by atoms with Gasteiger partial charge in [-0.05, 0) is 31.2 Å². The minimum absolute atomic E-state index is 0.156. The second kappa shape index (κ2) is 5.31. The lowest BCUT2D eigenvalue weighted by Crippen LogP contribution is -2.12. The number of rotatable bonds is 3. The van der Waals surface area contributed by atoms with Crippen molar-refractivity contribution < 1.29 is 5.11 Å². The van der Waals surface area contributed by atoms with Crippen LogP contribution in [0.3, 0.4) is 0 Å². The first kappa shape index (κ1) is 12.1. The highest BCUT2D eigenvalue weighted by atomic mass is 16.3. The molecule has 0 fully saturated rings. The maximum atomic E-state index is 9.19. The summed E-state index contributed by atoms with van der Waals surface area (Å²) in [5.74, 6) is 0.156. The van der Waals surface area contributed by atoms with Gasteiger partial charge in [-0.15, -0.1) is 0 Å². The molecule has 92 valence electrons. The van der Waals surface area contributed by atoms with E-state index in [1.54, 1.807) is 17.1 Å². The largest absolute Gasteiger partial charge is 0.506 e. The maximum Gasteiger partial charge on any atom is 0.133 e. The van der Waals surface area contributed by atoms with Crippen molar-refractivity contribution in [3.8, 4) is 5.75 Å². The zero-order valence-electron chi connectivity index (χ0n) is 10.4. The van der Waals surface area contributed by atoms with Crippen molar-refractivity contribution in [3.63, 3.8) is 0 Å². The third kappa shape index (κ3) is 2.85. The van der Waals surface area contributed by atoms with Gasteiger partial charge in [0.05, 0.1) is 23.3 Å². The molecule has 0 unspecified atom stereocenters. The molecular weight excluding hydrogens is 226 g/mol. The van der Waals surface area contributed by atoms with Crippen molar-refractivity contribution >= 4 is 11.4 Å². The minimum Gasteiger partial charge on any atom is -0.506 e. The predicted octanol–water partition coefficient (Wildman–Crippen LogP) is 2.65. The Bertz CT molecular complexity index is 535. The van der Waals surface area contributed by atoms with Crippen molar-refractivity contribution in [3.05, 3.63) is 54.4 Å². The standard InChI is InChI=1S/C14H15N3O/c1-11(14-9-8-13(18)10-15-14)16-17(2)12-6-4-3-5-7-12/h3-10,18H,1-2H3. The Balaban J connectivity index is 2.20. The van der Waals surface area contributed by atoms with Gasteiger partial charge in [0.2, 0.25) is 0 Å². The molecule has 2 aromatic rings. The second-order valence-corrected chi connectivity index (χ2v) is 3.95. The third-order valence-electron chi connectivity index (χ3n) is 2.55. The molecule has 2 rings (SSSR count). The number of hydrogen-bond donors (Lipinski definition) is 1. The number of para-hydroxylation sites is 1. The van der Waals surface area contributed by atoms with E-state index in [4.69, 9.17) is 0 Å². The van der Waals surface area contributed by atoms with Gasteiger partial charge in [-0.3, -0.25) is 9.99 Å². The van der Waals surface area contributed by atoms with Gasteiger partial charge in [0.15, 0.2) is 0 Å². The topological polar surface area (TPSA) is 48.7 Å². The van der Waals surface area contributed by atoms with E-state index in [-0.39, 0.29) is 5.75 Å². The summed E-state index contributed by atoms with van der Waals surface area (Å²) in [6.45, 7) is 1.89.